The van der Waals surface area contributed by atoms with Gasteiger partial charge in [-0.25, -0.2) is 8.42 Å². The molecule has 0 fully saturated rings. The predicted octanol–water partition coefficient (Wildman–Crippen LogP) is 7.32. The molecule has 4 rings (SSSR count). The van der Waals surface area contributed by atoms with Gasteiger partial charge in [0.15, 0.2) is 9.84 Å². The average Bonchev–Trinajstić information content (AvgIpc) is 3.38. The third-order valence-corrected chi connectivity index (χ3v) is 8.81. The van der Waals surface area contributed by atoms with Gasteiger partial charge in [-0.2, -0.15) is 13.2 Å². The number of aryl methyl sites for hydroxylation is 1. The molecule has 1 aliphatic heterocycles. The minimum atomic E-state index is -4.63. The van der Waals surface area contributed by atoms with Gasteiger partial charge in [0.2, 0.25) is 0 Å². The van der Waals surface area contributed by atoms with Crippen LogP contribution in [0.2, 0.25) is 5.02 Å². The van der Waals surface area contributed by atoms with Crippen LogP contribution in [0.1, 0.15) is 61.9 Å². The SMILES string of the molecule is COc1cc(NC(C(=O)N2CCc3cc(C)c(C(F)(F)F)cc32)c2ccc(Cl)cc2OCCCC(=O)OC(C)(C)C)cc(S(C)(=O)=O)c1. The van der Waals surface area contributed by atoms with E-state index in [1.807, 2.05) is 0 Å². The van der Waals surface area contributed by atoms with Crippen molar-refractivity contribution >= 4 is 44.7 Å². The number of carbonyl (C=O) groups is 2. The zero-order valence-corrected chi connectivity index (χ0v) is 29.0. The summed E-state index contributed by atoms with van der Waals surface area (Å²) in [5.41, 5.74) is -0.266. The second-order valence-corrected chi connectivity index (χ2v) is 15.0. The Balaban J connectivity index is 1.76. The number of hydrogen-bond donors (Lipinski definition) is 1. The van der Waals surface area contributed by atoms with E-state index in [0.717, 1.165) is 12.3 Å². The Morgan fingerprint density at radius 2 is 1.77 bits per heavy atom. The lowest BCUT2D eigenvalue weighted by Crippen LogP contribution is -2.37. The number of halogens is 4. The van der Waals surface area contributed by atoms with E-state index in [0.29, 0.717) is 12.0 Å². The van der Waals surface area contributed by atoms with Crippen LogP contribution in [0.3, 0.4) is 0 Å². The molecule has 0 saturated carbocycles. The van der Waals surface area contributed by atoms with Gasteiger partial charge >= 0.3 is 12.1 Å². The van der Waals surface area contributed by atoms with E-state index in [9.17, 15) is 31.2 Å². The summed E-state index contributed by atoms with van der Waals surface area (Å²) in [6.07, 6.45) is -2.93. The van der Waals surface area contributed by atoms with Crippen LogP contribution in [0.4, 0.5) is 24.5 Å². The van der Waals surface area contributed by atoms with Gasteiger partial charge in [-0.1, -0.05) is 23.7 Å². The molecule has 0 spiro atoms. The summed E-state index contributed by atoms with van der Waals surface area (Å²) in [4.78, 5) is 27.9. The minimum absolute atomic E-state index is 0.0473. The summed E-state index contributed by atoms with van der Waals surface area (Å²) in [5, 5.41) is 3.37. The van der Waals surface area contributed by atoms with E-state index >= 15 is 0 Å². The van der Waals surface area contributed by atoms with Gasteiger partial charge in [-0.15, -0.1) is 0 Å². The quantitative estimate of drug-likeness (QED) is 0.163. The zero-order valence-electron chi connectivity index (χ0n) is 27.5. The molecule has 48 heavy (non-hydrogen) atoms. The largest absolute Gasteiger partial charge is 0.497 e. The van der Waals surface area contributed by atoms with Gasteiger partial charge < -0.3 is 24.4 Å². The molecular formula is C34H38ClF3N2O7S. The van der Waals surface area contributed by atoms with Crippen molar-refractivity contribution in [3.63, 3.8) is 0 Å². The fourth-order valence-corrected chi connectivity index (χ4v) is 6.17. The van der Waals surface area contributed by atoms with Crippen LogP contribution >= 0.6 is 11.6 Å². The lowest BCUT2D eigenvalue weighted by Gasteiger charge is -2.28. The number of nitrogens with one attached hydrogen (secondary N) is 1. The molecule has 260 valence electrons. The molecule has 1 atom stereocenters. The molecule has 1 aliphatic rings. The Bertz CT molecular complexity index is 1810. The molecule has 1 unspecified atom stereocenters. The second kappa shape index (κ2) is 14.3. The molecule has 0 bridgehead atoms. The normalized spacial score (nSPS) is 13.9. The first-order valence-corrected chi connectivity index (χ1v) is 17.4. The van der Waals surface area contributed by atoms with Crippen LogP contribution < -0.4 is 19.7 Å². The standard InChI is InChI=1S/C34H38ClF3N2O7S/c1-20-14-21-11-12-40(28(21)19-27(20)34(36,37)38)32(42)31(39-23-16-24(45-5)18-25(17-23)48(6,43)44)26-10-9-22(35)15-29(26)46-13-7-8-30(41)47-33(2,3)4/h9-10,14-19,31,39H,7-8,11-13H2,1-6H3. The lowest BCUT2D eigenvalue weighted by molar-refractivity contribution is -0.155. The number of amides is 1. The van der Waals surface area contributed by atoms with Crippen LogP contribution in [0.5, 0.6) is 11.5 Å². The van der Waals surface area contributed by atoms with Crippen LogP contribution in [-0.2, 0) is 36.8 Å². The van der Waals surface area contributed by atoms with Crippen LogP contribution in [0, 0.1) is 6.92 Å². The van der Waals surface area contributed by atoms with Crippen molar-refractivity contribution in [1.29, 1.82) is 0 Å². The molecule has 1 heterocycles. The second-order valence-electron chi connectivity index (χ2n) is 12.5. The summed E-state index contributed by atoms with van der Waals surface area (Å²) in [6, 6.07) is 9.86. The van der Waals surface area contributed by atoms with E-state index in [4.69, 9.17) is 25.8 Å². The summed E-state index contributed by atoms with van der Waals surface area (Å²) in [7, 11) is -2.35. The molecular weight excluding hydrogens is 673 g/mol. The lowest BCUT2D eigenvalue weighted by atomic mass is 10.0. The van der Waals surface area contributed by atoms with Gasteiger partial charge in [0.1, 0.15) is 23.1 Å². The molecule has 14 heteroatoms. The maximum absolute atomic E-state index is 14.5. The first-order valence-electron chi connectivity index (χ1n) is 15.1. The van der Waals surface area contributed by atoms with Crippen molar-refractivity contribution in [2.45, 2.75) is 69.7 Å². The number of ether oxygens (including phenoxy) is 3. The number of hydrogen-bond acceptors (Lipinski definition) is 8. The molecule has 0 aromatic heterocycles. The van der Waals surface area contributed by atoms with E-state index in [-0.39, 0.29) is 69.9 Å². The highest BCUT2D eigenvalue weighted by atomic mass is 35.5. The van der Waals surface area contributed by atoms with E-state index in [1.165, 1.54) is 55.3 Å². The highest BCUT2D eigenvalue weighted by Crippen LogP contribution is 2.41. The zero-order chi connectivity index (χ0) is 35.6. The van der Waals surface area contributed by atoms with Gasteiger partial charge in [-0.3, -0.25) is 9.59 Å². The smallest absolute Gasteiger partial charge is 0.416 e. The van der Waals surface area contributed by atoms with Gasteiger partial charge in [0, 0.05) is 47.2 Å². The highest BCUT2D eigenvalue weighted by Gasteiger charge is 2.38. The Hall–Kier alpha value is -3.97. The average molecular weight is 711 g/mol. The summed E-state index contributed by atoms with van der Waals surface area (Å²) < 4.78 is 83.3. The Morgan fingerprint density at radius 1 is 1.06 bits per heavy atom. The number of esters is 1. The van der Waals surface area contributed by atoms with Crippen molar-refractivity contribution in [2.24, 2.45) is 0 Å². The Kier molecular flexibility index (Phi) is 10.9. The first kappa shape index (κ1) is 36.9. The predicted molar refractivity (Wildman–Crippen MR) is 177 cm³/mol. The maximum atomic E-state index is 14.5. The molecule has 1 amide bonds. The maximum Gasteiger partial charge on any atom is 0.416 e. The molecule has 9 nitrogen and oxygen atoms in total. The molecule has 0 aliphatic carbocycles. The number of benzene rings is 3. The number of nitrogens with zero attached hydrogens (tertiary/aromatic N) is 1. The van der Waals surface area contributed by atoms with Crippen molar-refractivity contribution < 1.29 is 45.4 Å². The number of anilines is 2. The summed E-state index contributed by atoms with van der Waals surface area (Å²) >= 11 is 6.32. The number of rotatable bonds is 11. The fraction of sp³-hybridized carbons (Fsp3) is 0.412. The third kappa shape index (κ3) is 9.13. The van der Waals surface area contributed by atoms with Crippen molar-refractivity contribution in [1.82, 2.24) is 0 Å². The summed E-state index contributed by atoms with van der Waals surface area (Å²) in [6.45, 7) is 6.81. The number of sulfone groups is 1. The van der Waals surface area contributed by atoms with E-state index in [1.54, 1.807) is 26.8 Å². The van der Waals surface area contributed by atoms with E-state index in [2.05, 4.69) is 5.32 Å². The number of fused-ring (bicyclic) bond motifs is 1. The monoisotopic (exact) mass is 710 g/mol. The van der Waals surface area contributed by atoms with Crippen molar-refractivity contribution in [3.05, 3.63) is 75.8 Å². The van der Waals surface area contributed by atoms with Gasteiger partial charge in [0.25, 0.3) is 5.91 Å². The van der Waals surface area contributed by atoms with Gasteiger partial charge in [0.05, 0.1) is 24.2 Å². The van der Waals surface area contributed by atoms with Crippen LogP contribution in [0.25, 0.3) is 0 Å². The van der Waals surface area contributed by atoms with Crippen LogP contribution in [-0.4, -0.2) is 52.4 Å². The molecule has 3 aromatic rings. The number of methoxy groups -OCH3 is 1. The van der Waals surface area contributed by atoms with Crippen LogP contribution in [0.15, 0.2) is 53.4 Å². The molecule has 3 aromatic carbocycles. The van der Waals surface area contributed by atoms with E-state index < -0.39 is 45.1 Å². The molecule has 0 radical (unpaired) electrons. The Morgan fingerprint density at radius 3 is 2.40 bits per heavy atom. The Labute approximate surface area is 283 Å². The highest BCUT2D eigenvalue weighted by molar-refractivity contribution is 7.90. The molecule has 1 N–H and O–H groups in total. The minimum Gasteiger partial charge on any atom is -0.497 e. The van der Waals surface area contributed by atoms with Gasteiger partial charge in [-0.05, 0) is 82.0 Å². The van der Waals surface area contributed by atoms with Crippen molar-refractivity contribution in [2.75, 3.05) is 36.7 Å². The fourth-order valence-electron chi connectivity index (χ4n) is 5.34. The topological polar surface area (TPSA) is 111 Å². The van der Waals surface area contributed by atoms with Crippen molar-refractivity contribution in [3.8, 4) is 11.5 Å². The third-order valence-electron chi connectivity index (χ3n) is 7.48. The number of carbonyl (C=O) groups excluding carboxylic acids is 2. The first-order chi connectivity index (χ1) is 22.3. The summed E-state index contributed by atoms with van der Waals surface area (Å²) in [5.74, 6) is -0.648. The molecule has 0 saturated heterocycles. The number of alkyl halides is 3.